The van der Waals surface area contributed by atoms with Gasteiger partial charge < -0.3 is 9.64 Å². The van der Waals surface area contributed by atoms with E-state index in [4.69, 9.17) is 4.74 Å². The van der Waals surface area contributed by atoms with E-state index in [2.05, 4.69) is 20.9 Å². The molecule has 0 amide bonds. The van der Waals surface area contributed by atoms with Gasteiger partial charge in [-0.2, -0.15) is 13.2 Å². The maximum absolute atomic E-state index is 12.7. The van der Waals surface area contributed by atoms with E-state index >= 15 is 0 Å². The van der Waals surface area contributed by atoms with Crippen molar-refractivity contribution in [2.75, 3.05) is 24.6 Å². The molecule has 1 aromatic heterocycles. The molecule has 1 aromatic carbocycles. The van der Waals surface area contributed by atoms with Crippen LogP contribution in [0.25, 0.3) is 0 Å². The molecular weight excluding hydrogens is 381 g/mol. The SMILES string of the molecule is FC(F)(F)c1cnc(N2CCOC(c3cccc(Br)c3)C2)s1. The Bertz CT molecular complexity index is 662. The zero-order chi connectivity index (χ0) is 15.7. The van der Waals surface area contributed by atoms with E-state index in [1.54, 1.807) is 0 Å². The van der Waals surface area contributed by atoms with Gasteiger partial charge in [-0.1, -0.05) is 39.4 Å². The van der Waals surface area contributed by atoms with E-state index in [0.717, 1.165) is 16.2 Å². The quantitative estimate of drug-likeness (QED) is 0.751. The van der Waals surface area contributed by atoms with E-state index in [-0.39, 0.29) is 6.10 Å². The van der Waals surface area contributed by atoms with Gasteiger partial charge in [-0.05, 0) is 17.7 Å². The second-order valence-electron chi connectivity index (χ2n) is 4.87. The summed E-state index contributed by atoms with van der Waals surface area (Å²) >= 11 is 4.08. The van der Waals surface area contributed by atoms with Crippen LogP contribution < -0.4 is 4.90 Å². The molecule has 22 heavy (non-hydrogen) atoms. The number of hydrogen-bond acceptors (Lipinski definition) is 4. The minimum Gasteiger partial charge on any atom is -0.370 e. The number of thiazole rings is 1. The van der Waals surface area contributed by atoms with Gasteiger partial charge in [-0.15, -0.1) is 0 Å². The molecule has 0 N–H and O–H groups in total. The number of halogens is 4. The van der Waals surface area contributed by atoms with Gasteiger partial charge in [-0.3, -0.25) is 0 Å². The number of ether oxygens (including phenoxy) is 1. The molecule has 0 spiro atoms. The van der Waals surface area contributed by atoms with Gasteiger partial charge in [0.05, 0.1) is 19.3 Å². The van der Waals surface area contributed by atoms with Crippen molar-refractivity contribution in [2.45, 2.75) is 12.3 Å². The summed E-state index contributed by atoms with van der Waals surface area (Å²) < 4.78 is 44.7. The minimum atomic E-state index is -4.34. The molecule has 118 valence electrons. The molecule has 3 nitrogen and oxygen atoms in total. The monoisotopic (exact) mass is 392 g/mol. The van der Waals surface area contributed by atoms with Crippen LogP contribution in [0.4, 0.5) is 18.3 Å². The van der Waals surface area contributed by atoms with Crippen molar-refractivity contribution in [3.63, 3.8) is 0 Å². The fraction of sp³-hybridized carbons (Fsp3) is 0.357. The van der Waals surface area contributed by atoms with Crippen LogP contribution in [0.1, 0.15) is 16.5 Å². The molecule has 0 aliphatic carbocycles. The molecule has 0 saturated carbocycles. The molecule has 3 rings (SSSR count). The number of nitrogens with zero attached hydrogens (tertiary/aromatic N) is 2. The largest absolute Gasteiger partial charge is 0.427 e. The van der Waals surface area contributed by atoms with Gasteiger partial charge in [0, 0.05) is 11.0 Å². The van der Waals surface area contributed by atoms with E-state index < -0.39 is 11.1 Å². The Hall–Kier alpha value is -1.12. The summed E-state index contributed by atoms with van der Waals surface area (Å²) in [6.07, 6.45) is -3.63. The van der Waals surface area contributed by atoms with Gasteiger partial charge in [-0.25, -0.2) is 4.98 Å². The third-order valence-electron chi connectivity index (χ3n) is 3.33. The van der Waals surface area contributed by atoms with Crippen LogP contribution in [-0.2, 0) is 10.9 Å². The molecule has 2 heterocycles. The number of anilines is 1. The van der Waals surface area contributed by atoms with Crippen molar-refractivity contribution < 1.29 is 17.9 Å². The van der Waals surface area contributed by atoms with Crippen LogP contribution in [0.2, 0.25) is 0 Å². The van der Waals surface area contributed by atoms with Crippen LogP contribution in [0.3, 0.4) is 0 Å². The number of aromatic nitrogens is 1. The summed E-state index contributed by atoms with van der Waals surface area (Å²) in [4.78, 5) is 5.08. The number of alkyl halides is 3. The standard InChI is InChI=1S/C14H12BrF3N2OS/c15-10-3-1-2-9(6-10)11-8-20(4-5-21-11)13-19-7-12(22-13)14(16,17)18/h1-3,6-7,11H,4-5,8H2. The van der Waals surface area contributed by atoms with Gasteiger partial charge in [0.15, 0.2) is 5.13 Å². The summed E-state index contributed by atoms with van der Waals surface area (Å²) in [7, 11) is 0. The predicted molar refractivity (Wildman–Crippen MR) is 82.2 cm³/mol. The second-order valence-corrected chi connectivity index (χ2v) is 6.79. The molecule has 0 bridgehead atoms. The number of rotatable bonds is 2. The Morgan fingerprint density at radius 1 is 1.36 bits per heavy atom. The number of benzene rings is 1. The molecular formula is C14H12BrF3N2OS. The fourth-order valence-corrected chi connectivity index (χ4v) is 3.51. The third-order valence-corrected chi connectivity index (χ3v) is 4.93. The lowest BCUT2D eigenvalue weighted by atomic mass is 10.1. The maximum atomic E-state index is 12.7. The first-order valence-corrected chi connectivity index (χ1v) is 8.19. The first-order valence-electron chi connectivity index (χ1n) is 6.58. The molecule has 2 aromatic rings. The van der Waals surface area contributed by atoms with Crippen molar-refractivity contribution >= 4 is 32.4 Å². The van der Waals surface area contributed by atoms with Gasteiger partial charge >= 0.3 is 6.18 Å². The van der Waals surface area contributed by atoms with Crippen LogP contribution in [0, 0.1) is 0 Å². The normalized spacial score (nSPS) is 19.5. The highest BCUT2D eigenvalue weighted by atomic mass is 79.9. The summed E-state index contributed by atoms with van der Waals surface area (Å²) in [5.41, 5.74) is 0.992. The Balaban J connectivity index is 1.77. The highest BCUT2D eigenvalue weighted by molar-refractivity contribution is 9.10. The second kappa shape index (κ2) is 6.17. The molecule has 1 saturated heterocycles. The molecule has 0 radical (unpaired) electrons. The van der Waals surface area contributed by atoms with Gasteiger partial charge in [0.2, 0.25) is 0 Å². The zero-order valence-electron chi connectivity index (χ0n) is 11.3. The van der Waals surface area contributed by atoms with Crippen LogP contribution in [0.5, 0.6) is 0 Å². The first kappa shape index (κ1) is 15.8. The lowest BCUT2D eigenvalue weighted by Gasteiger charge is -2.33. The Labute approximate surface area is 137 Å². The summed E-state index contributed by atoms with van der Waals surface area (Å²) in [6.45, 7) is 1.48. The van der Waals surface area contributed by atoms with Crippen molar-refractivity contribution in [1.29, 1.82) is 0 Å². The van der Waals surface area contributed by atoms with Crippen molar-refractivity contribution in [3.8, 4) is 0 Å². The first-order chi connectivity index (χ1) is 10.4. The maximum Gasteiger partial charge on any atom is 0.427 e. The van der Waals surface area contributed by atoms with E-state index in [1.807, 2.05) is 29.2 Å². The van der Waals surface area contributed by atoms with Crippen LogP contribution in [0.15, 0.2) is 34.9 Å². The summed E-state index contributed by atoms with van der Waals surface area (Å²) in [5, 5.41) is 0.385. The predicted octanol–water partition coefficient (Wildman–Crippen LogP) is 4.50. The lowest BCUT2D eigenvalue weighted by molar-refractivity contribution is -0.134. The third kappa shape index (κ3) is 3.44. The van der Waals surface area contributed by atoms with Gasteiger partial charge in [0.1, 0.15) is 11.0 Å². The number of hydrogen-bond donors (Lipinski definition) is 0. The van der Waals surface area contributed by atoms with E-state index in [1.165, 1.54) is 0 Å². The summed E-state index contributed by atoms with van der Waals surface area (Å²) in [6, 6.07) is 7.73. The number of morpholine rings is 1. The Kier molecular flexibility index (Phi) is 4.42. The zero-order valence-corrected chi connectivity index (χ0v) is 13.7. The molecule has 1 aliphatic rings. The van der Waals surface area contributed by atoms with Crippen LogP contribution >= 0.6 is 27.3 Å². The Morgan fingerprint density at radius 3 is 2.86 bits per heavy atom. The van der Waals surface area contributed by atoms with Gasteiger partial charge in [0.25, 0.3) is 0 Å². The molecule has 1 aliphatic heterocycles. The summed E-state index contributed by atoms with van der Waals surface area (Å²) in [5.74, 6) is 0. The van der Waals surface area contributed by atoms with E-state index in [0.29, 0.717) is 36.2 Å². The topological polar surface area (TPSA) is 25.4 Å². The van der Waals surface area contributed by atoms with Crippen molar-refractivity contribution in [1.82, 2.24) is 4.98 Å². The van der Waals surface area contributed by atoms with Crippen molar-refractivity contribution in [2.24, 2.45) is 0 Å². The Morgan fingerprint density at radius 2 is 2.18 bits per heavy atom. The highest BCUT2D eigenvalue weighted by Gasteiger charge is 2.34. The van der Waals surface area contributed by atoms with E-state index in [9.17, 15) is 13.2 Å². The van der Waals surface area contributed by atoms with Crippen LogP contribution in [-0.4, -0.2) is 24.7 Å². The smallest absolute Gasteiger partial charge is 0.370 e. The lowest BCUT2D eigenvalue weighted by Crippen LogP contribution is -2.38. The minimum absolute atomic E-state index is 0.176. The molecule has 8 heteroatoms. The molecule has 1 unspecified atom stereocenters. The average Bonchev–Trinajstić information content (AvgIpc) is 2.97. The molecule has 1 fully saturated rings. The average molecular weight is 393 g/mol. The fourth-order valence-electron chi connectivity index (χ4n) is 2.27. The molecule has 1 atom stereocenters. The van der Waals surface area contributed by atoms with Crippen molar-refractivity contribution in [3.05, 3.63) is 45.4 Å². The highest BCUT2D eigenvalue weighted by Crippen LogP contribution is 2.37.